The summed E-state index contributed by atoms with van der Waals surface area (Å²) in [6.45, 7) is 8.33. The van der Waals surface area contributed by atoms with Crippen molar-refractivity contribution in [1.82, 2.24) is 25.1 Å². The molecule has 9 heteroatoms. The zero-order valence-electron chi connectivity index (χ0n) is 22.2. The summed E-state index contributed by atoms with van der Waals surface area (Å²) in [5.41, 5.74) is 4.74. The van der Waals surface area contributed by atoms with E-state index in [2.05, 4.69) is 39.1 Å². The van der Waals surface area contributed by atoms with Crippen molar-refractivity contribution in [2.24, 2.45) is 0 Å². The number of aryl methyl sites for hydroxylation is 2. The van der Waals surface area contributed by atoms with E-state index in [0.29, 0.717) is 17.4 Å². The fourth-order valence-corrected chi connectivity index (χ4v) is 5.52. The van der Waals surface area contributed by atoms with E-state index in [0.717, 1.165) is 66.5 Å². The summed E-state index contributed by atoms with van der Waals surface area (Å²) in [6.07, 6.45) is 3.79. The van der Waals surface area contributed by atoms with Crippen LogP contribution in [0.1, 0.15) is 59.5 Å². The summed E-state index contributed by atoms with van der Waals surface area (Å²) in [5, 5.41) is 17.3. The Balaban J connectivity index is 1.13. The zero-order chi connectivity index (χ0) is 27.1. The number of pyridine rings is 1. The fraction of sp³-hybridized carbons (Fsp3) is 0.333. The Kier molecular flexibility index (Phi) is 6.28. The quantitative estimate of drug-likeness (QED) is 0.367. The second-order valence-corrected chi connectivity index (χ2v) is 10.4. The van der Waals surface area contributed by atoms with Gasteiger partial charge in [-0.15, -0.1) is 10.2 Å². The van der Waals surface area contributed by atoms with Crippen LogP contribution in [-0.2, 0) is 12.3 Å². The Hall–Kier alpha value is -4.29. The lowest BCUT2D eigenvalue weighted by atomic mass is 9.88. The molecule has 0 radical (unpaired) electrons. The monoisotopic (exact) mass is 524 g/mol. The van der Waals surface area contributed by atoms with Gasteiger partial charge in [-0.25, -0.2) is 4.39 Å². The van der Waals surface area contributed by atoms with Crippen LogP contribution in [0.5, 0.6) is 11.5 Å². The maximum Gasteiger partial charge on any atom is 0.278 e. The molecule has 4 aromatic rings. The molecule has 8 nitrogen and oxygen atoms in total. The number of fused-ring (bicyclic) bond motifs is 1. The summed E-state index contributed by atoms with van der Waals surface area (Å²) >= 11 is 0. The highest BCUT2D eigenvalue weighted by Crippen LogP contribution is 2.49. The molecule has 0 bridgehead atoms. The van der Waals surface area contributed by atoms with Crippen LogP contribution in [0.3, 0.4) is 0 Å². The first-order valence-electron chi connectivity index (χ1n) is 13.1. The number of ether oxygens (including phenoxy) is 2. The Morgan fingerprint density at radius 1 is 1.13 bits per heavy atom. The van der Waals surface area contributed by atoms with Crippen LogP contribution in [0.4, 0.5) is 4.39 Å². The van der Waals surface area contributed by atoms with E-state index in [1.54, 1.807) is 19.1 Å². The minimum absolute atomic E-state index is 0.258. The molecule has 2 aliphatic heterocycles. The Morgan fingerprint density at radius 2 is 1.95 bits per heavy atom. The number of halogens is 1. The van der Waals surface area contributed by atoms with Crippen LogP contribution in [-0.4, -0.2) is 38.2 Å². The van der Waals surface area contributed by atoms with Gasteiger partial charge in [-0.05, 0) is 81.6 Å². The average molecular weight is 525 g/mol. The predicted molar refractivity (Wildman–Crippen MR) is 143 cm³/mol. The number of benzene rings is 2. The van der Waals surface area contributed by atoms with E-state index in [4.69, 9.17) is 19.7 Å². The van der Waals surface area contributed by atoms with Crippen molar-refractivity contribution in [2.75, 3.05) is 13.1 Å². The van der Waals surface area contributed by atoms with Crippen LogP contribution >= 0.6 is 0 Å². The van der Waals surface area contributed by atoms with Crippen molar-refractivity contribution in [3.8, 4) is 29.0 Å². The van der Waals surface area contributed by atoms with E-state index in [9.17, 15) is 4.39 Å². The van der Waals surface area contributed by atoms with Gasteiger partial charge >= 0.3 is 0 Å². The molecule has 0 unspecified atom stereocenters. The number of rotatable bonds is 5. The van der Waals surface area contributed by atoms with Gasteiger partial charge in [0.1, 0.15) is 11.6 Å². The third kappa shape index (κ3) is 4.72. The number of likely N-dealkylation sites (tertiary alicyclic amines) is 1. The molecule has 0 aliphatic carbocycles. The third-order valence-corrected chi connectivity index (χ3v) is 7.66. The number of nitrogens with one attached hydrogen (secondary N) is 1. The molecule has 1 fully saturated rings. The molecule has 1 saturated heterocycles. The van der Waals surface area contributed by atoms with Crippen molar-refractivity contribution in [3.63, 3.8) is 0 Å². The smallest absolute Gasteiger partial charge is 0.278 e. The average Bonchev–Trinajstić information content (AvgIpc) is 3.53. The zero-order valence-corrected chi connectivity index (χ0v) is 22.2. The first-order valence-corrected chi connectivity index (χ1v) is 13.1. The molecule has 2 aromatic carbocycles. The van der Waals surface area contributed by atoms with Gasteiger partial charge < -0.3 is 14.5 Å². The van der Waals surface area contributed by atoms with Gasteiger partial charge in [0.25, 0.3) is 5.79 Å². The lowest BCUT2D eigenvalue weighted by molar-refractivity contribution is -0.0712. The summed E-state index contributed by atoms with van der Waals surface area (Å²) in [7, 11) is 0. The third-order valence-electron chi connectivity index (χ3n) is 7.66. The number of aromatic nitrogens is 4. The number of H-pyrrole nitrogens is 1. The van der Waals surface area contributed by atoms with Gasteiger partial charge in [0.15, 0.2) is 17.3 Å². The SMILES string of the molecule is Cc1nnc(-c2cnc(CN3CCC(c4cccc5c4O[C@@](C)(c4ccc(C#N)cc4F)O5)CC3)c(C)c2)[nH]1. The number of nitrogens with zero attached hydrogens (tertiary/aromatic N) is 5. The lowest BCUT2D eigenvalue weighted by Gasteiger charge is -2.32. The molecule has 4 heterocycles. The van der Waals surface area contributed by atoms with Crippen LogP contribution in [0.2, 0.25) is 0 Å². The molecule has 198 valence electrons. The number of hydrogen-bond donors (Lipinski definition) is 1. The minimum Gasteiger partial charge on any atom is -0.444 e. The molecule has 39 heavy (non-hydrogen) atoms. The normalized spacial score (nSPS) is 19.3. The number of piperidine rings is 1. The Bertz CT molecular complexity index is 1590. The summed E-state index contributed by atoms with van der Waals surface area (Å²) in [4.78, 5) is 10.3. The van der Waals surface area contributed by atoms with E-state index in [1.807, 2.05) is 31.3 Å². The lowest BCUT2D eigenvalue weighted by Crippen LogP contribution is -2.34. The summed E-state index contributed by atoms with van der Waals surface area (Å²) < 4.78 is 27.3. The van der Waals surface area contributed by atoms with Crippen molar-refractivity contribution in [3.05, 3.63) is 88.3 Å². The highest BCUT2D eigenvalue weighted by Gasteiger charge is 2.43. The van der Waals surface area contributed by atoms with E-state index >= 15 is 0 Å². The Labute approximate surface area is 226 Å². The highest BCUT2D eigenvalue weighted by atomic mass is 19.1. The van der Waals surface area contributed by atoms with Crippen molar-refractivity contribution >= 4 is 0 Å². The van der Waals surface area contributed by atoms with Crippen LogP contribution in [0.25, 0.3) is 11.4 Å². The van der Waals surface area contributed by atoms with E-state index in [-0.39, 0.29) is 11.1 Å². The molecular weight excluding hydrogens is 495 g/mol. The maximum atomic E-state index is 14.8. The number of aromatic amines is 1. The van der Waals surface area contributed by atoms with E-state index in [1.165, 1.54) is 6.07 Å². The van der Waals surface area contributed by atoms with Gasteiger partial charge in [0.2, 0.25) is 0 Å². The summed E-state index contributed by atoms with van der Waals surface area (Å²) in [5.74, 6) is 1.29. The van der Waals surface area contributed by atoms with Crippen molar-refractivity contribution in [2.45, 2.75) is 51.9 Å². The molecule has 1 N–H and O–H groups in total. The molecule has 2 aromatic heterocycles. The van der Waals surface area contributed by atoms with Crippen molar-refractivity contribution < 1.29 is 13.9 Å². The fourth-order valence-electron chi connectivity index (χ4n) is 5.52. The van der Waals surface area contributed by atoms with Crippen LogP contribution in [0.15, 0.2) is 48.7 Å². The highest BCUT2D eigenvalue weighted by molar-refractivity contribution is 5.55. The van der Waals surface area contributed by atoms with Gasteiger partial charge in [0, 0.05) is 30.8 Å². The van der Waals surface area contributed by atoms with Gasteiger partial charge in [0.05, 0.1) is 22.9 Å². The minimum atomic E-state index is -1.29. The molecule has 0 saturated carbocycles. The van der Waals surface area contributed by atoms with Gasteiger partial charge in [-0.3, -0.25) is 9.88 Å². The first-order chi connectivity index (χ1) is 18.8. The number of para-hydroxylation sites is 1. The van der Waals surface area contributed by atoms with Crippen LogP contribution in [0, 0.1) is 31.0 Å². The Morgan fingerprint density at radius 3 is 2.64 bits per heavy atom. The second-order valence-electron chi connectivity index (χ2n) is 10.4. The molecule has 0 amide bonds. The maximum absolute atomic E-state index is 14.8. The van der Waals surface area contributed by atoms with E-state index < -0.39 is 11.6 Å². The predicted octanol–water partition coefficient (Wildman–Crippen LogP) is 5.52. The van der Waals surface area contributed by atoms with Crippen molar-refractivity contribution in [1.29, 1.82) is 5.26 Å². The molecular formula is C30H29FN6O2. The number of hydrogen-bond acceptors (Lipinski definition) is 7. The van der Waals surface area contributed by atoms with Gasteiger partial charge in [-0.1, -0.05) is 12.1 Å². The standard InChI is InChI=1S/C30H29FN6O2/c1-18-13-22(29-34-19(2)35-36-29)16-33-26(18)17-37-11-9-21(10-12-37)23-5-4-6-27-28(23)39-30(3,38-27)24-8-7-20(15-32)14-25(24)31/h4-8,13-14,16,21H,9-12,17H2,1-3H3,(H,34,35,36)/t30-/m0/s1. The topological polar surface area (TPSA) is 100.0 Å². The second kappa shape index (κ2) is 9.79. The first kappa shape index (κ1) is 25.0. The molecule has 1 atom stereocenters. The molecule has 2 aliphatic rings. The van der Waals surface area contributed by atoms with Gasteiger partial charge in [-0.2, -0.15) is 5.26 Å². The van der Waals surface area contributed by atoms with Crippen LogP contribution < -0.4 is 9.47 Å². The largest absolute Gasteiger partial charge is 0.444 e. The molecule has 6 rings (SSSR count). The molecule has 0 spiro atoms. The summed E-state index contributed by atoms with van der Waals surface area (Å²) in [6, 6.07) is 14.3. The number of nitriles is 1.